The Balaban J connectivity index is 1.90. The predicted molar refractivity (Wildman–Crippen MR) is 67.6 cm³/mol. The van der Waals surface area contributed by atoms with Gasteiger partial charge >= 0.3 is 5.97 Å². The molecule has 98 valence electrons. The van der Waals surface area contributed by atoms with Crippen molar-refractivity contribution in [2.75, 3.05) is 5.75 Å². The molecule has 1 atom stereocenters. The fourth-order valence-electron chi connectivity index (χ4n) is 1.90. The summed E-state index contributed by atoms with van der Waals surface area (Å²) in [7, 11) is 0. The van der Waals surface area contributed by atoms with Gasteiger partial charge in [0.1, 0.15) is 5.76 Å². The quantitative estimate of drug-likeness (QED) is 0.872. The monoisotopic (exact) mass is 269 g/mol. The summed E-state index contributed by atoms with van der Waals surface area (Å²) >= 11 is 1.66. The van der Waals surface area contributed by atoms with Crippen LogP contribution in [-0.2, 0) is 11.3 Å². The van der Waals surface area contributed by atoms with Gasteiger partial charge < -0.3 is 14.8 Å². The third-order valence-electron chi connectivity index (χ3n) is 2.99. The zero-order valence-corrected chi connectivity index (χ0v) is 10.9. The Labute approximate surface area is 109 Å². The summed E-state index contributed by atoms with van der Waals surface area (Å²) in [6, 6.07) is 2.95. The lowest BCUT2D eigenvalue weighted by Gasteiger charge is -2.20. The van der Waals surface area contributed by atoms with Gasteiger partial charge in [0.15, 0.2) is 0 Å². The van der Waals surface area contributed by atoms with Gasteiger partial charge in [-0.3, -0.25) is 4.79 Å². The van der Waals surface area contributed by atoms with Crippen LogP contribution < -0.4 is 5.32 Å². The summed E-state index contributed by atoms with van der Waals surface area (Å²) in [6.07, 6.45) is 1.93. The highest BCUT2D eigenvalue weighted by atomic mass is 32.2. The first-order valence-electron chi connectivity index (χ1n) is 5.75. The molecule has 1 aliphatic heterocycles. The molecule has 0 aliphatic carbocycles. The molecular formula is C12H15NO4S. The van der Waals surface area contributed by atoms with E-state index < -0.39 is 5.97 Å². The molecular weight excluding hydrogens is 254 g/mol. The van der Waals surface area contributed by atoms with E-state index in [1.807, 2.05) is 6.92 Å². The number of carboxylic acid groups (broad SMARTS) is 1. The summed E-state index contributed by atoms with van der Waals surface area (Å²) in [5, 5.41) is 11.5. The van der Waals surface area contributed by atoms with Crippen molar-refractivity contribution in [3.63, 3.8) is 0 Å². The fourth-order valence-corrected chi connectivity index (χ4v) is 3.13. The van der Waals surface area contributed by atoms with E-state index in [0.29, 0.717) is 5.76 Å². The average Bonchev–Trinajstić information content (AvgIpc) is 2.95. The smallest absolute Gasteiger partial charge is 0.371 e. The molecule has 0 spiro atoms. The zero-order chi connectivity index (χ0) is 13.2. The van der Waals surface area contributed by atoms with Crippen LogP contribution in [0.2, 0.25) is 0 Å². The third-order valence-corrected chi connectivity index (χ3v) is 4.51. The molecule has 1 unspecified atom stereocenters. The minimum absolute atomic E-state index is 0.0155. The van der Waals surface area contributed by atoms with Crippen LogP contribution >= 0.6 is 11.8 Å². The molecule has 1 aromatic rings. The number of aromatic carboxylic acids is 1. The lowest BCUT2D eigenvalue weighted by Crippen LogP contribution is -2.39. The van der Waals surface area contributed by atoms with E-state index in [-0.39, 0.29) is 23.0 Å². The number of nitrogens with one attached hydrogen (secondary N) is 1. The number of hydrogen-bond acceptors (Lipinski definition) is 4. The Morgan fingerprint density at radius 3 is 2.89 bits per heavy atom. The second kappa shape index (κ2) is 5.06. The van der Waals surface area contributed by atoms with Crippen molar-refractivity contribution in [2.24, 2.45) is 0 Å². The Hall–Kier alpha value is -1.43. The Kier molecular flexibility index (Phi) is 3.65. The maximum atomic E-state index is 12.0. The van der Waals surface area contributed by atoms with Crippen molar-refractivity contribution in [2.45, 2.75) is 31.1 Å². The molecule has 0 bridgehead atoms. The van der Waals surface area contributed by atoms with Gasteiger partial charge in [-0.25, -0.2) is 4.79 Å². The van der Waals surface area contributed by atoms with Crippen molar-refractivity contribution in [1.82, 2.24) is 5.32 Å². The highest BCUT2D eigenvalue weighted by Gasteiger charge is 2.36. The minimum Gasteiger partial charge on any atom is -0.475 e. The van der Waals surface area contributed by atoms with Crippen molar-refractivity contribution < 1.29 is 19.1 Å². The van der Waals surface area contributed by atoms with Crippen LogP contribution in [0.25, 0.3) is 0 Å². The molecule has 0 radical (unpaired) electrons. The Bertz CT molecular complexity index is 462. The van der Waals surface area contributed by atoms with Crippen molar-refractivity contribution in [3.8, 4) is 0 Å². The molecule has 18 heavy (non-hydrogen) atoms. The highest BCUT2D eigenvalue weighted by Crippen LogP contribution is 2.37. The lowest BCUT2D eigenvalue weighted by atomic mass is 10.1. The molecule has 2 heterocycles. The second-order valence-corrected chi connectivity index (χ2v) is 6.03. The molecule has 1 saturated heterocycles. The largest absolute Gasteiger partial charge is 0.475 e. The Morgan fingerprint density at radius 2 is 2.33 bits per heavy atom. The first kappa shape index (κ1) is 13.0. The summed E-state index contributed by atoms with van der Waals surface area (Å²) in [5.41, 5.74) is 0. The van der Waals surface area contributed by atoms with E-state index in [1.54, 1.807) is 17.8 Å². The van der Waals surface area contributed by atoms with Crippen LogP contribution in [0.5, 0.6) is 0 Å². The molecule has 1 aromatic heterocycles. The maximum Gasteiger partial charge on any atom is 0.371 e. The van der Waals surface area contributed by atoms with Gasteiger partial charge in [-0.2, -0.15) is 0 Å². The van der Waals surface area contributed by atoms with Gasteiger partial charge in [0.25, 0.3) is 0 Å². The number of carboxylic acids is 1. The topological polar surface area (TPSA) is 79.5 Å². The number of amides is 1. The molecule has 5 nitrogen and oxygen atoms in total. The average molecular weight is 269 g/mol. The number of rotatable bonds is 4. The minimum atomic E-state index is -1.11. The number of thioether (sulfide) groups is 1. The molecule has 2 N–H and O–H groups in total. The summed E-state index contributed by atoms with van der Waals surface area (Å²) in [6.45, 7) is 2.16. The van der Waals surface area contributed by atoms with Gasteiger partial charge in [0.2, 0.25) is 11.7 Å². The first-order chi connectivity index (χ1) is 8.51. The molecule has 6 heteroatoms. The third kappa shape index (κ3) is 2.69. The molecule has 0 aromatic carbocycles. The van der Waals surface area contributed by atoms with Crippen molar-refractivity contribution in [1.29, 1.82) is 0 Å². The van der Waals surface area contributed by atoms with Crippen LogP contribution in [0.1, 0.15) is 36.1 Å². The highest BCUT2D eigenvalue weighted by molar-refractivity contribution is 8.01. The molecule has 1 amide bonds. The molecule has 2 rings (SSSR count). The van der Waals surface area contributed by atoms with Crippen molar-refractivity contribution >= 4 is 23.6 Å². The van der Waals surface area contributed by atoms with E-state index in [4.69, 9.17) is 9.52 Å². The second-order valence-electron chi connectivity index (χ2n) is 4.44. The fraction of sp³-hybridized carbons (Fsp3) is 0.500. The van der Waals surface area contributed by atoms with E-state index in [1.165, 1.54) is 6.07 Å². The van der Waals surface area contributed by atoms with E-state index >= 15 is 0 Å². The van der Waals surface area contributed by atoms with Gasteiger partial charge in [0.05, 0.1) is 11.3 Å². The normalized spacial score (nSPS) is 22.9. The zero-order valence-electron chi connectivity index (χ0n) is 10.1. The lowest BCUT2D eigenvalue weighted by molar-refractivity contribution is -0.123. The van der Waals surface area contributed by atoms with Crippen LogP contribution in [0, 0.1) is 0 Å². The SMILES string of the molecule is CC1(C(=O)NCc2ccc(C(=O)O)o2)CCCS1. The van der Waals surface area contributed by atoms with Crippen LogP contribution in [0.4, 0.5) is 0 Å². The predicted octanol–water partition coefficient (Wildman–Crippen LogP) is 1.88. The van der Waals surface area contributed by atoms with Crippen LogP contribution in [0.15, 0.2) is 16.5 Å². The Morgan fingerprint density at radius 1 is 1.56 bits per heavy atom. The maximum absolute atomic E-state index is 12.0. The van der Waals surface area contributed by atoms with Gasteiger partial charge in [-0.05, 0) is 37.7 Å². The number of hydrogen-bond donors (Lipinski definition) is 2. The van der Waals surface area contributed by atoms with Gasteiger partial charge in [-0.1, -0.05) is 0 Å². The van der Waals surface area contributed by atoms with E-state index in [0.717, 1.165) is 18.6 Å². The van der Waals surface area contributed by atoms with Crippen LogP contribution in [-0.4, -0.2) is 27.5 Å². The standard InChI is InChI=1S/C12H15NO4S/c1-12(5-2-6-18-12)11(16)13-7-8-3-4-9(17-8)10(14)15/h3-4H,2,5-7H2,1H3,(H,13,16)(H,14,15). The number of carbonyl (C=O) groups is 2. The van der Waals surface area contributed by atoms with Gasteiger partial charge in [-0.15, -0.1) is 11.8 Å². The summed E-state index contributed by atoms with van der Waals surface area (Å²) < 4.78 is 4.71. The van der Waals surface area contributed by atoms with Crippen molar-refractivity contribution in [3.05, 3.63) is 23.7 Å². The van der Waals surface area contributed by atoms with Crippen LogP contribution in [0.3, 0.4) is 0 Å². The number of furan rings is 1. The van der Waals surface area contributed by atoms with E-state index in [2.05, 4.69) is 5.32 Å². The molecule has 1 fully saturated rings. The molecule has 0 saturated carbocycles. The first-order valence-corrected chi connectivity index (χ1v) is 6.74. The van der Waals surface area contributed by atoms with E-state index in [9.17, 15) is 9.59 Å². The van der Waals surface area contributed by atoms with Gasteiger partial charge in [0, 0.05) is 0 Å². The summed E-state index contributed by atoms with van der Waals surface area (Å²) in [4.78, 5) is 22.6. The molecule has 1 aliphatic rings. The number of carbonyl (C=O) groups excluding carboxylic acids is 1. The summed E-state index contributed by atoms with van der Waals surface area (Å²) in [5.74, 6) is 0.227.